The number of halogens is 1. The second-order valence-electron chi connectivity index (χ2n) is 9.42. The summed E-state index contributed by atoms with van der Waals surface area (Å²) in [4.78, 5) is 25.8. The van der Waals surface area contributed by atoms with E-state index < -0.39 is 12.2 Å². The van der Waals surface area contributed by atoms with Crippen LogP contribution < -0.4 is 16.0 Å². The van der Waals surface area contributed by atoms with Gasteiger partial charge < -0.3 is 35.4 Å². The van der Waals surface area contributed by atoms with Crippen LogP contribution in [0, 0.1) is 17.7 Å². The van der Waals surface area contributed by atoms with Gasteiger partial charge in [0.2, 0.25) is 0 Å². The number of hydrogen-bond acceptors (Lipinski definition) is 5. The first-order valence-electron chi connectivity index (χ1n) is 12.6. The fourth-order valence-corrected chi connectivity index (χ4v) is 5.06. The van der Waals surface area contributed by atoms with Crippen molar-refractivity contribution in [2.75, 3.05) is 53.0 Å². The monoisotopic (exact) mass is 494 g/mol. The number of carbonyl (C=O) groups excluding carboxylic acids is 1. The number of benzene rings is 1. The molecule has 0 saturated carbocycles. The number of likely N-dealkylation sites (tertiary alicyclic amines) is 1. The number of nitrogens with one attached hydrogen (secondary N) is 3. The summed E-state index contributed by atoms with van der Waals surface area (Å²) in [5, 5.41) is 17.5. The normalized spacial score (nSPS) is 20.7. The topological polar surface area (TPSA) is 112 Å². The van der Waals surface area contributed by atoms with Crippen LogP contribution in [0.3, 0.4) is 0 Å². The maximum atomic E-state index is 14.0. The molecule has 2 aliphatic rings. The van der Waals surface area contributed by atoms with Gasteiger partial charge in [0.15, 0.2) is 0 Å². The van der Waals surface area contributed by atoms with Gasteiger partial charge in [0, 0.05) is 51.4 Å². The van der Waals surface area contributed by atoms with E-state index in [9.17, 15) is 14.0 Å². The summed E-state index contributed by atoms with van der Waals surface area (Å²) in [6, 6.07) is 6.23. The first kappa shape index (κ1) is 27.2. The van der Waals surface area contributed by atoms with Crippen molar-refractivity contribution in [1.29, 1.82) is 0 Å². The minimum atomic E-state index is -1.12. The Morgan fingerprint density at radius 3 is 2.80 bits per heavy atom. The average Bonchev–Trinajstić information content (AvgIpc) is 2.84. The van der Waals surface area contributed by atoms with E-state index in [0.29, 0.717) is 31.1 Å². The van der Waals surface area contributed by atoms with Crippen LogP contribution in [0.2, 0.25) is 0 Å². The minimum Gasteiger partial charge on any atom is -0.465 e. The van der Waals surface area contributed by atoms with Crippen LogP contribution in [0.1, 0.15) is 43.8 Å². The average molecular weight is 495 g/mol. The molecule has 9 nitrogen and oxygen atoms in total. The van der Waals surface area contributed by atoms with Crippen LogP contribution in [0.15, 0.2) is 24.3 Å². The minimum absolute atomic E-state index is 0.0284. The van der Waals surface area contributed by atoms with Gasteiger partial charge in [-0.2, -0.15) is 0 Å². The predicted octanol–water partition coefficient (Wildman–Crippen LogP) is 2.98. The fourth-order valence-electron chi connectivity index (χ4n) is 5.06. The molecule has 0 spiro atoms. The lowest BCUT2D eigenvalue weighted by Crippen LogP contribution is -2.52. The molecule has 0 aromatic heterocycles. The van der Waals surface area contributed by atoms with E-state index in [1.165, 1.54) is 12.1 Å². The van der Waals surface area contributed by atoms with Crippen LogP contribution >= 0.6 is 0 Å². The summed E-state index contributed by atoms with van der Waals surface area (Å²) >= 11 is 0. The van der Waals surface area contributed by atoms with Crippen molar-refractivity contribution in [2.24, 2.45) is 11.8 Å². The van der Waals surface area contributed by atoms with Crippen LogP contribution in [-0.2, 0) is 9.47 Å². The molecule has 0 bridgehead atoms. The Balaban J connectivity index is 1.62. The van der Waals surface area contributed by atoms with E-state index in [2.05, 4.69) is 16.0 Å². The summed E-state index contributed by atoms with van der Waals surface area (Å²) in [5.74, 6) is 0.161. The molecule has 196 valence electrons. The maximum Gasteiger partial charge on any atom is 0.404 e. The summed E-state index contributed by atoms with van der Waals surface area (Å²) in [6.07, 6.45) is 3.05. The molecule has 0 unspecified atom stereocenters. The number of amides is 3. The number of carbonyl (C=O) groups is 2. The highest BCUT2D eigenvalue weighted by atomic mass is 19.1. The summed E-state index contributed by atoms with van der Waals surface area (Å²) < 4.78 is 25.5. The molecular weight excluding hydrogens is 455 g/mol. The lowest BCUT2D eigenvalue weighted by molar-refractivity contribution is -0.00870. The summed E-state index contributed by atoms with van der Waals surface area (Å²) in [5.41, 5.74) is 0.695. The number of ether oxygens (including phenoxy) is 2. The number of rotatable bonds is 11. The number of carboxylic acid groups (broad SMARTS) is 1. The molecule has 3 atom stereocenters. The van der Waals surface area contributed by atoms with Crippen LogP contribution in [0.25, 0.3) is 0 Å². The number of piperidine rings is 1. The van der Waals surface area contributed by atoms with Crippen molar-refractivity contribution >= 4 is 12.1 Å². The molecule has 2 aliphatic heterocycles. The summed E-state index contributed by atoms with van der Waals surface area (Å²) in [6.45, 7) is 3.70. The Morgan fingerprint density at radius 1 is 1.29 bits per heavy atom. The van der Waals surface area contributed by atoms with Gasteiger partial charge in [0.1, 0.15) is 5.82 Å². The molecule has 2 fully saturated rings. The lowest BCUT2D eigenvalue weighted by Gasteiger charge is -2.38. The second-order valence-corrected chi connectivity index (χ2v) is 9.42. The smallest absolute Gasteiger partial charge is 0.404 e. The van der Waals surface area contributed by atoms with Gasteiger partial charge in [0.05, 0.1) is 12.7 Å². The molecule has 10 heteroatoms. The Hall–Kier alpha value is -2.43. The van der Waals surface area contributed by atoms with Gasteiger partial charge in [-0.1, -0.05) is 12.1 Å². The van der Waals surface area contributed by atoms with E-state index in [-0.39, 0.29) is 37.0 Å². The molecule has 1 aromatic carbocycles. The fraction of sp³-hybridized carbons (Fsp3) is 0.680. The third-order valence-electron chi connectivity index (χ3n) is 6.76. The van der Waals surface area contributed by atoms with Crippen molar-refractivity contribution in [3.63, 3.8) is 0 Å². The van der Waals surface area contributed by atoms with E-state index in [4.69, 9.17) is 14.6 Å². The Labute approximate surface area is 206 Å². The predicted molar refractivity (Wildman–Crippen MR) is 130 cm³/mol. The zero-order valence-electron chi connectivity index (χ0n) is 20.5. The first-order chi connectivity index (χ1) is 17.0. The van der Waals surface area contributed by atoms with Crippen molar-refractivity contribution < 1.29 is 28.6 Å². The standard InChI is InChI=1S/C25H39FN4O5/c1-27-16-22(14-18-7-11-34-12-8-18)29-24(31)30-10-3-5-20(17-30)23(35-13-9-28-25(32)33)19-4-2-6-21(26)15-19/h2,4,6,15,18,20,22-23,27-28H,3,5,7-14,16-17H2,1H3,(H,29,31)(H,32,33)/t20-,22+,23+/m1/s1. The Kier molecular flexibility index (Phi) is 11.0. The van der Waals surface area contributed by atoms with Crippen molar-refractivity contribution in [3.05, 3.63) is 35.6 Å². The van der Waals surface area contributed by atoms with Crippen LogP contribution in [-0.4, -0.2) is 81.2 Å². The zero-order chi connectivity index (χ0) is 25.0. The SMILES string of the molecule is CNC[C@H](CC1CCOCC1)NC(=O)N1CCC[C@@H]([C@@H](OCCNC(=O)O)c2cccc(F)c2)C1. The largest absolute Gasteiger partial charge is 0.465 e. The molecule has 0 aliphatic carbocycles. The number of nitrogens with zero attached hydrogens (tertiary/aromatic N) is 1. The second kappa shape index (κ2) is 14.2. The highest BCUT2D eigenvalue weighted by Crippen LogP contribution is 2.33. The molecule has 3 amide bonds. The van der Waals surface area contributed by atoms with Gasteiger partial charge in [-0.3, -0.25) is 0 Å². The Bertz CT molecular complexity index is 808. The van der Waals surface area contributed by atoms with Crippen molar-refractivity contribution in [3.8, 4) is 0 Å². The van der Waals surface area contributed by atoms with E-state index in [0.717, 1.165) is 45.3 Å². The van der Waals surface area contributed by atoms with E-state index in [1.54, 1.807) is 6.07 Å². The zero-order valence-corrected chi connectivity index (χ0v) is 20.5. The Morgan fingerprint density at radius 2 is 2.09 bits per heavy atom. The highest BCUT2D eigenvalue weighted by Gasteiger charge is 2.32. The highest BCUT2D eigenvalue weighted by molar-refractivity contribution is 5.74. The van der Waals surface area contributed by atoms with Crippen molar-refractivity contribution in [2.45, 2.75) is 44.2 Å². The van der Waals surface area contributed by atoms with Gasteiger partial charge in [0.25, 0.3) is 0 Å². The molecule has 4 N–H and O–H groups in total. The van der Waals surface area contributed by atoms with E-state index >= 15 is 0 Å². The maximum absolute atomic E-state index is 14.0. The van der Waals surface area contributed by atoms with Gasteiger partial charge in [-0.25, -0.2) is 14.0 Å². The third kappa shape index (κ3) is 8.94. The number of urea groups is 1. The molecule has 35 heavy (non-hydrogen) atoms. The quantitative estimate of drug-likeness (QED) is 0.352. The molecule has 3 rings (SSSR count). The van der Waals surface area contributed by atoms with Crippen LogP contribution in [0.4, 0.5) is 14.0 Å². The van der Waals surface area contributed by atoms with Gasteiger partial charge in [-0.15, -0.1) is 0 Å². The van der Waals surface area contributed by atoms with Crippen LogP contribution in [0.5, 0.6) is 0 Å². The molecule has 2 saturated heterocycles. The van der Waals surface area contributed by atoms with Gasteiger partial charge in [-0.05, 0) is 62.8 Å². The first-order valence-corrected chi connectivity index (χ1v) is 12.6. The molecule has 2 heterocycles. The van der Waals surface area contributed by atoms with Gasteiger partial charge >= 0.3 is 12.1 Å². The van der Waals surface area contributed by atoms with E-state index in [1.807, 2.05) is 18.0 Å². The molecule has 0 radical (unpaired) electrons. The molecular formula is C25H39FN4O5. The third-order valence-corrected chi connectivity index (χ3v) is 6.76. The summed E-state index contributed by atoms with van der Waals surface area (Å²) in [7, 11) is 1.89. The molecule has 1 aromatic rings. The lowest BCUT2D eigenvalue weighted by atomic mass is 9.88. The number of likely N-dealkylation sites (N-methyl/N-ethyl adjacent to an activating group) is 1. The van der Waals surface area contributed by atoms with Crippen molar-refractivity contribution in [1.82, 2.24) is 20.9 Å². The number of hydrogen-bond donors (Lipinski definition) is 4.